The van der Waals surface area contributed by atoms with Crippen molar-refractivity contribution >= 4 is 16.3 Å². The van der Waals surface area contributed by atoms with Crippen LogP contribution in [0.2, 0.25) is 0 Å². The summed E-state index contributed by atoms with van der Waals surface area (Å²) < 4.78 is 15.1. The SMILES string of the molecule is NCCCc1c(-c2ccc(F)cc2)nc2sccn12. The molecule has 98 valence electrons. The van der Waals surface area contributed by atoms with E-state index in [2.05, 4.69) is 9.38 Å². The van der Waals surface area contributed by atoms with Crippen LogP contribution in [0.25, 0.3) is 16.2 Å². The summed E-state index contributed by atoms with van der Waals surface area (Å²) in [5.41, 5.74) is 8.62. The number of hydrogen-bond donors (Lipinski definition) is 1. The Kier molecular flexibility index (Phi) is 3.31. The lowest BCUT2D eigenvalue weighted by atomic mass is 10.1. The molecule has 0 radical (unpaired) electrons. The zero-order valence-electron chi connectivity index (χ0n) is 10.3. The van der Waals surface area contributed by atoms with Crippen molar-refractivity contribution in [3.63, 3.8) is 0 Å². The van der Waals surface area contributed by atoms with Crippen LogP contribution in [-0.4, -0.2) is 15.9 Å². The van der Waals surface area contributed by atoms with Crippen LogP contribution < -0.4 is 5.73 Å². The Morgan fingerprint density at radius 3 is 2.79 bits per heavy atom. The number of fused-ring (bicyclic) bond motifs is 1. The summed E-state index contributed by atoms with van der Waals surface area (Å²) in [5.74, 6) is -0.228. The van der Waals surface area contributed by atoms with Crippen LogP contribution in [0.5, 0.6) is 0 Å². The monoisotopic (exact) mass is 275 g/mol. The fraction of sp³-hybridized carbons (Fsp3) is 0.214. The van der Waals surface area contributed by atoms with Crippen molar-refractivity contribution in [2.75, 3.05) is 6.54 Å². The van der Waals surface area contributed by atoms with E-state index in [4.69, 9.17) is 5.73 Å². The van der Waals surface area contributed by atoms with Gasteiger partial charge in [-0.25, -0.2) is 9.37 Å². The van der Waals surface area contributed by atoms with Gasteiger partial charge in [0.2, 0.25) is 0 Å². The summed E-state index contributed by atoms with van der Waals surface area (Å²) in [5, 5.41) is 2.02. The molecule has 0 saturated carbocycles. The van der Waals surface area contributed by atoms with Gasteiger partial charge < -0.3 is 5.73 Å². The van der Waals surface area contributed by atoms with Crippen LogP contribution in [0.3, 0.4) is 0 Å². The van der Waals surface area contributed by atoms with E-state index in [0.717, 1.165) is 34.8 Å². The summed E-state index contributed by atoms with van der Waals surface area (Å²) in [6.45, 7) is 0.653. The highest BCUT2D eigenvalue weighted by atomic mass is 32.1. The highest BCUT2D eigenvalue weighted by molar-refractivity contribution is 7.15. The topological polar surface area (TPSA) is 43.3 Å². The largest absolute Gasteiger partial charge is 0.330 e. The minimum absolute atomic E-state index is 0.228. The minimum atomic E-state index is -0.228. The van der Waals surface area contributed by atoms with Crippen molar-refractivity contribution in [2.24, 2.45) is 5.73 Å². The van der Waals surface area contributed by atoms with Gasteiger partial charge in [-0.3, -0.25) is 4.40 Å². The average molecular weight is 275 g/mol. The lowest BCUT2D eigenvalue weighted by Gasteiger charge is -2.03. The van der Waals surface area contributed by atoms with Gasteiger partial charge in [-0.2, -0.15) is 0 Å². The molecule has 2 aromatic heterocycles. The molecule has 0 fully saturated rings. The average Bonchev–Trinajstić information content (AvgIpc) is 2.98. The van der Waals surface area contributed by atoms with Crippen LogP contribution in [0.15, 0.2) is 35.8 Å². The lowest BCUT2D eigenvalue weighted by molar-refractivity contribution is 0.628. The van der Waals surface area contributed by atoms with E-state index in [0.29, 0.717) is 6.54 Å². The minimum Gasteiger partial charge on any atom is -0.330 e. The highest BCUT2D eigenvalue weighted by Gasteiger charge is 2.14. The van der Waals surface area contributed by atoms with Gasteiger partial charge in [0.15, 0.2) is 4.96 Å². The maximum absolute atomic E-state index is 13.0. The number of imidazole rings is 1. The molecule has 3 aromatic rings. The van der Waals surface area contributed by atoms with Crippen molar-refractivity contribution in [1.29, 1.82) is 0 Å². The van der Waals surface area contributed by atoms with E-state index in [1.54, 1.807) is 23.5 Å². The Hall–Kier alpha value is -1.72. The molecule has 3 nitrogen and oxygen atoms in total. The normalized spacial score (nSPS) is 11.3. The van der Waals surface area contributed by atoms with Crippen molar-refractivity contribution in [3.8, 4) is 11.3 Å². The van der Waals surface area contributed by atoms with Crippen LogP contribution in [-0.2, 0) is 6.42 Å². The molecular weight excluding hydrogens is 261 g/mol. The number of nitrogens with zero attached hydrogens (tertiary/aromatic N) is 2. The van der Waals surface area contributed by atoms with Crippen molar-refractivity contribution in [3.05, 3.63) is 47.4 Å². The lowest BCUT2D eigenvalue weighted by Crippen LogP contribution is -2.02. The second-order valence-electron chi connectivity index (χ2n) is 4.36. The predicted octanol–water partition coefficient (Wildman–Crippen LogP) is 3.09. The molecular formula is C14H14FN3S. The molecule has 2 N–H and O–H groups in total. The van der Waals surface area contributed by atoms with Gasteiger partial charge in [-0.05, 0) is 43.7 Å². The van der Waals surface area contributed by atoms with Gasteiger partial charge in [0.05, 0.1) is 11.4 Å². The van der Waals surface area contributed by atoms with Gasteiger partial charge in [0.25, 0.3) is 0 Å². The Labute approximate surface area is 114 Å². The van der Waals surface area contributed by atoms with Gasteiger partial charge in [0.1, 0.15) is 5.82 Å². The molecule has 3 rings (SSSR count). The van der Waals surface area contributed by atoms with Crippen molar-refractivity contribution < 1.29 is 4.39 Å². The fourth-order valence-corrected chi connectivity index (χ4v) is 2.91. The molecule has 0 aliphatic rings. The molecule has 0 amide bonds. The first-order valence-corrected chi connectivity index (χ1v) is 7.08. The van der Waals surface area contributed by atoms with Crippen LogP contribution in [0, 0.1) is 5.82 Å². The number of nitrogens with two attached hydrogens (primary N) is 1. The Morgan fingerprint density at radius 2 is 2.05 bits per heavy atom. The molecule has 2 heterocycles. The molecule has 5 heteroatoms. The summed E-state index contributed by atoms with van der Waals surface area (Å²) in [6.07, 6.45) is 3.81. The van der Waals surface area contributed by atoms with Crippen LogP contribution in [0.4, 0.5) is 4.39 Å². The Morgan fingerprint density at radius 1 is 1.26 bits per heavy atom. The number of halogens is 1. The molecule has 0 saturated heterocycles. The van der Waals surface area contributed by atoms with Gasteiger partial charge >= 0.3 is 0 Å². The number of benzene rings is 1. The second-order valence-corrected chi connectivity index (χ2v) is 5.23. The summed E-state index contributed by atoms with van der Waals surface area (Å²) in [6, 6.07) is 6.48. The second kappa shape index (κ2) is 5.11. The molecule has 0 aliphatic carbocycles. The van der Waals surface area contributed by atoms with Crippen LogP contribution >= 0.6 is 11.3 Å². The van der Waals surface area contributed by atoms with Crippen molar-refractivity contribution in [1.82, 2.24) is 9.38 Å². The fourth-order valence-electron chi connectivity index (χ4n) is 2.18. The van der Waals surface area contributed by atoms with E-state index in [1.807, 2.05) is 11.6 Å². The molecule has 0 unspecified atom stereocenters. The van der Waals surface area contributed by atoms with E-state index < -0.39 is 0 Å². The van der Waals surface area contributed by atoms with Crippen molar-refractivity contribution in [2.45, 2.75) is 12.8 Å². The maximum Gasteiger partial charge on any atom is 0.194 e. The first kappa shape index (κ1) is 12.3. The first-order chi connectivity index (χ1) is 9.29. The maximum atomic E-state index is 13.0. The molecule has 0 atom stereocenters. The summed E-state index contributed by atoms with van der Waals surface area (Å²) in [7, 11) is 0. The number of rotatable bonds is 4. The Bertz CT molecular complexity index is 684. The third kappa shape index (κ3) is 2.27. The van der Waals surface area contributed by atoms with E-state index >= 15 is 0 Å². The third-order valence-electron chi connectivity index (χ3n) is 3.10. The van der Waals surface area contributed by atoms with Gasteiger partial charge in [-0.1, -0.05) is 0 Å². The van der Waals surface area contributed by atoms with Gasteiger partial charge in [0, 0.05) is 17.1 Å². The molecule has 0 aliphatic heterocycles. The zero-order chi connectivity index (χ0) is 13.2. The quantitative estimate of drug-likeness (QED) is 0.795. The third-order valence-corrected chi connectivity index (χ3v) is 3.85. The number of thiazole rings is 1. The number of aromatic nitrogens is 2. The predicted molar refractivity (Wildman–Crippen MR) is 75.8 cm³/mol. The number of aryl methyl sites for hydroxylation is 1. The molecule has 1 aromatic carbocycles. The van der Waals surface area contributed by atoms with Crippen LogP contribution in [0.1, 0.15) is 12.1 Å². The molecule has 19 heavy (non-hydrogen) atoms. The van der Waals surface area contributed by atoms with E-state index in [1.165, 1.54) is 12.1 Å². The smallest absolute Gasteiger partial charge is 0.194 e. The van der Waals surface area contributed by atoms with E-state index in [9.17, 15) is 4.39 Å². The summed E-state index contributed by atoms with van der Waals surface area (Å²) >= 11 is 1.60. The molecule has 0 bridgehead atoms. The number of hydrogen-bond acceptors (Lipinski definition) is 3. The molecule has 0 spiro atoms. The van der Waals surface area contributed by atoms with Gasteiger partial charge in [-0.15, -0.1) is 11.3 Å². The van der Waals surface area contributed by atoms with E-state index in [-0.39, 0.29) is 5.82 Å². The summed E-state index contributed by atoms with van der Waals surface area (Å²) in [4.78, 5) is 5.61. The Balaban J connectivity index is 2.10. The zero-order valence-corrected chi connectivity index (χ0v) is 11.2. The standard InChI is InChI=1S/C14H14FN3S/c15-11-5-3-10(4-6-11)13-12(2-1-7-16)18-8-9-19-14(18)17-13/h3-6,8-9H,1-2,7,16H2. The first-order valence-electron chi connectivity index (χ1n) is 6.20. The highest BCUT2D eigenvalue weighted by Crippen LogP contribution is 2.27.